The summed E-state index contributed by atoms with van der Waals surface area (Å²) in [6.07, 6.45) is 2.28. The molecule has 0 spiro atoms. The van der Waals surface area contributed by atoms with Gasteiger partial charge in [-0.05, 0) is 29.7 Å². The molecule has 1 amide bonds. The van der Waals surface area contributed by atoms with Crippen molar-refractivity contribution in [1.82, 2.24) is 25.5 Å². The second-order valence-electron chi connectivity index (χ2n) is 5.51. The van der Waals surface area contributed by atoms with Crippen LogP contribution < -0.4 is 0 Å². The maximum atomic E-state index is 12.4. The summed E-state index contributed by atoms with van der Waals surface area (Å²) in [4.78, 5) is 26.2. The number of hydrogen-bond donors (Lipinski definition) is 1. The predicted molar refractivity (Wildman–Crippen MR) is 66.9 cm³/mol. The summed E-state index contributed by atoms with van der Waals surface area (Å²) in [5, 5.41) is 13.6. The van der Waals surface area contributed by atoms with E-state index in [1.165, 1.54) is 0 Å². The molecule has 1 aromatic rings. The zero-order valence-electron chi connectivity index (χ0n) is 11.5. The van der Waals surface area contributed by atoms with Gasteiger partial charge in [0, 0.05) is 12.0 Å². The van der Waals surface area contributed by atoms with Crippen LogP contribution in [0, 0.1) is 5.41 Å². The molecule has 1 aliphatic heterocycles. The second kappa shape index (κ2) is 5.07. The second-order valence-corrected chi connectivity index (χ2v) is 5.51. The topological polar surface area (TPSA) is 91.8 Å². The molecule has 19 heavy (non-hydrogen) atoms. The van der Waals surface area contributed by atoms with Gasteiger partial charge in [-0.25, -0.2) is 5.10 Å². The van der Waals surface area contributed by atoms with E-state index < -0.39 is 11.3 Å². The number of carbonyl (C=O) groups is 2. The molecule has 1 aromatic heterocycles. The molecule has 0 aliphatic carbocycles. The highest BCUT2D eigenvalue weighted by Crippen LogP contribution is 2.31. The van der Waals surface area contributed by atoms with E-state index in [0.29, 0.717) is 18.8 Å². The van der Waals surface area contributed by atoms with Crippen LogP contribution in [0.4, 0.5) is 0 Å². The van der Waals surface area contributed by atoms with Gasteiger partial charge in [0.15, 0.2) is 5.82 Å². The normalized spacial score (nSPS) is 19.7. The molecule has 0 unspecified atom stereocenters. The first-order valence-corrected chi connectivity index (χ1v) is 6.56. The van der Waals surface area contributed by atoms with Crippen molar-refractivity contribution in [3.63, 3.8) is 0 Å². The third kappa shape index (κ3) is 2.50. The van der Waals surface area contributed by atoms with E-state index in [4.69, 9.17) is 0 Å². The molecule has 1 aliphatic rings. The quantitative estimate of drug-likeness (QED) is 0.815. The highest BCUT2D eigenvalue weighted by atomic mass is 16.2. The van der Waals surface area contributed by atoms with Gasteiger partial charge in [-0.2, -0.15) is 0 Å². The minimum absolute atomic E-state index is 0.209. The van der Waals surface area contributed by atoms with Gasteiger partial charge in [0.2, 0.25) is 5.78 Å². The maximum Gasteiger partial charge on any atom is 0.291 e. The first kappa shape index (κ1) is 13.6. The number of hydrogen-bond acceptors (Lipinski definition) is 5. The number of nitrogens with one attached hydrogen (secondary N) is 1. The van der Waals surface area contributed by atoms with Gasteiger partial charge in [0.1, 0.15) is 0 Å². The van der Waals surface area contributed by atoms with E-state index in [-0.39, 0.29) is 11.8 Å². The number of aromatic nitrogens is 4. The number of likely N-dealkylation sites (tertiary alicyclic amines) is 1. The number of rotatable bonds is 4. The van der Waals surface area contributed by atoms with Gasteiger partial charge < -0.3 is 4.90 Å². The van der Waals surface area contributed by atoms with Crippen LogP contribution in [0.2, 0.25) is 0 Å². The van der Waals surface area contributed by atoms with Crippen molar-refractivity contribution < 1.29 is 9.59 Å². The largest absolute Gasteiger partial charge is 0.326 e. The molecule has 7 heteroatoms. The van der Waals surface area contributed by atoms with Crippen molar-refractivity contribution in [1.29, 1.82) is 0 Å². The Labute approximate surface area is 111 Å². The minimum atomic E-state index is -0.621. The van der Waals surface area contributed by atoms with E-state index >= 15 is 0 Å². The third-order valence-electron chi connectivity index (χ3n) is 3.88. The third-order valence-corrected chi connectivity index (χ3v) is 3.88. The molecule has 104 valence electrons. The Morgan fingerprint density at radius 1 is 1.47 bits per heavy atom. The van der Waals surface area contributed by atoms with Crippen LogP contribution in [0.5, 0.6) is 0 Å². The number of aromatic amines is 1. The first-order valence-electron chi connectivity index (χ1n) is 6.56. The Bertz CT molecular complexity index is 468. The first-order chi connectivity index (χ1) is 8.97. The fourth-order valence-corrected chi connectivity index (χ4v) is 2.18. The lowest BCUT2D eigenvalue weighted by molar-refractivity contribution is -0.150. The van der Waals surface area contributed by atoms with Gasteiger partial charge in [0.05, 0.1) is 6.04 Å². The summed E-state index contributed by atoms with van der Waals surface area (Å²) in [6, 6.07) is -0.209. The van der Waals surface area contributed by atoms with Crippen molar-refractivity contribution >= 4 is 11.7 Å². The van der Waals surface area contributed by atoms with Gasteiger partial charge in [-0.15, -0.1) is 5.10 Å². The molecule has 1 N–H and O–H groups in total. The average Bonchev–Trinajstić information content (AvgIpc) is 3.06. The van der Waals surface area contributed by atoms with Crippen LogP contribution >= 0.6 is 0 Å². The van der Waals surface area contributed by atoms with Crippen LogP contribution in [-0.2, 0) is 9.59 Å². The van der Waals surface area contributed by atoms with Crippen molar-refractivity contribution in [2.45, 2.75) is 46.1 Å². The molecular formula is C12H19N5O2. The summed E-state index contributed by atoms with van der Waals surface area (Å²) < 4.78 is 0. The molecular weight excluding hydrogens is 246 g/mol. The Morgan fingerprint density at radius 2 is 2.21 bits per heavy atom. The fourth-order valence-electron chi connectivity index (χ4n) is 2.18. The molecule has 0 bridgehead atoms. The highest BCUT2D eigenvalue weighted by Gasteiger charge is 2.40. The van der Waals surface area contributed by atoms with E-state index in [1.54, 1.807) is 18.7 Å². The summed E-state index contributed by atoms with van der Waals surface area (Å²) in [6.45, 7) is 6.09. The van der Waals surface area contributed by atoms with Crippen LogP contribution in [0.25, 0.3) is 0 Å². The van der Waals surface area contributed by atoms with Crippen LogP contribution in [0.3, 0.4) is 0 Å². The van der Waals surface area contributed by atoms with Crippen molar-refractivity contribution in [2.24, 2.45) is 5.41 Å². The van der Waals surface area contributed by atoms with Crippen molar-refractivity contribution in [2.75, 3.05) is 6.54 Å². The molecule has 1 atom stereocenters. The van der Waals surface area contributed by atoms with Gasteiger partial charge in [0.25, 0.3) is 5.91 Å². The molecule has 2 heterocycles. The van der Waals surface area contributed by atoms with Crippen molar-refractivity contribution in [3.8, 4) is 0 Å². The Hall–Kier alpha value is -1.79. The highest BCUT2D eigenvalue weighted by molar-refractivity contribution is 6.38. The zero-order chi connectivity index (χ0) is 14.0. The number of H-pyrrole nitrogens is 1. The number of amides is 1. The minimum Gasteiger partial charge on any atom is -0.326 e. The Balaban J connectivity index is 2.17. The van der Waals surface area contributed by atoms with E-state index in [9.17, 15) is 9.59 Å². The molecule has 1 fully saturated rings. The van der Waals surface area contributed by atoms with Gasteiger partial charge in [-0.1, -0.05) is 20.8 Å². The number of Topliss-reactive ketones (excluding diaryl/α,β-unsaturated/α-hetero) is 1. The summed E-state index contributed by atoms with van der Waals surface area (Å²) >= 11 is 0. The molecule has 2 rings (SSSR count). The SMILES string of the molecule is CCC(C)(C)C(=O)C(=O)N1CCC[C@H]1c1nnn[nH]1. The summed E-state index contributed by atoms with van der Waals surface area (Å²) in [5.41, 5.74) is -0.621. The number of ketones is 1. The van der Waals surface area contributed by atoms with E-state index in [1.807, 2.05) is 6.92 Å². The predicted octanol–water partition coefficient (Wildman–Crippen LogP) is 0.868. The lowest BCUT2D eigenvalue weighted by Gasteiger charge is -2.27. The lowest BCUT2D eigenvalue weighted by Crippen LogP contribution is -2.42. The number of carbonyl (C=O) groups excluding carboxylic acids is 2. The molecule has 0 aromatic carbocycles. The smallest absolute Gasteiger partial charge is 0.291 e. The maximum absolute atomic E-state index is 12.4. The van der Waals surface area contributed by atoms with E-state index in [2.05, 4.69) is 20.6 Å². The Morgan fingerprint density at radius 3 is 2.79 bits per heavy atom. The van der Waals surface area contributed by atoms with Gasteiger partial charge in [-0.3, -0.25) is 9.59 Å². The zero-order valence-corrected chi connectivity index (χ0v) is 11.5. The summed E-state index contributed by atoms with van der Waals surface area (Å²) in [5.74, 6) is -0.215. The molecule has 7 nitrogen and oxygen atoms in total. The number of nitrogens with zero attached hydrogens (tertiary/aromatic N) is 4. The van der Waals surface area contributed by atoms with Crippen LogP contribution in [-0.4, -0.2) is 43.8 Å². The fraction of sp³-hybridized carbons (Fsp3) is 0.750. The molecule has 0 saturated carbocycles. The standard InChI is InChI=1S/C12H19N5O2/c1-4-12(2,3)9(18)11(19)17-7-5-6-8(17)10-13-15-16-14-10/h8H,4-7H2,1-3H3,(H,13,14,15,16)/t8-/m0/s1. The molecule has 1 saturated heterocycles. The summed E-state index contributed by atoms with van der Waals surface area (Å²) in [7, 11) is 0. The molecule has 0 radical (unpaired) electrons. The van der Waals surface area contributed by atoms with Crippen LogP contribution in [0.1, 0.15) is 51.9 Å². The monoisotopic (exact) mass is 265 g/mol. The average molecular weight is 265 g/mol. The van der Waals surface area contributed by atoms with Crippen molar-refractivity contribution in [3.05, 3.63) is 5.82 Å². The van der Waals surface area contributed by atoms with E-state index in [0.717, 1.165) is 12.8 Å². The van der Waals surface area contributed by atoms with Gasteiger partial charge >= 0.3 is 0 Å². The lowest BCUT2D eigenvalue weighted by atomic mass is 9.84. The Kier molecular flexibility index (Phi) is 3.64. The number of tetrazole rings is 1. The van der Waals surface area contributed by atoms with Crippen LogP contribution in [0.15, 0.2) is 0 Å².